The monoisotopic (exact) mass is 682 g/mol. The van der Waals surface area contributed by atoms with Crippen LogP contribution >= 0.6 is 43.0 Å². The number of carbonyl (C=O) groups excluding carboxylic acids is 2. The van der Waals surface area contributed by atoms with Crippen molar-refractivity contribution < 1.29 is 77.2 Å². The van der Waals surface area contributed by atoms with E-state index in [9.17, 15) is 38.1 Å². The molecule has 14 N–H and O–H groups in total. The number of carbonyl (C=O) groups is 2. The van der Waals surface area contributed by atoms with Gasteiger partial charge in [-0.05, 0) is 18.6 Å². The number of aliphatic hydroxyl groups is 2. The molecular weight excluding hydrogens is 648 g/mol. The van der Waals surface area contributed by atoms with Crippen LogP contribution in [0.15, 0.2) is 4.99 Å². The van der Waals surface area contributed by atoms with E-state index in [0.717, 1.165) is 0 Å². The smallest absolute Gasteiger partial charge is 0.369 e. The highest BCUT2D eigenvalue weighted by atomic mass is 32.1. The summed E-state index contributed by atoms with van der Waals surface area (Å²) in [4.78, 5) is 102. The number of amides is 2. The predicted molar refractivity (Wildman–Crippen MR) is 141 cm³/mol. The summed E-state index contributed by atoms with van der Waals surface area (Å²) in [5.41, 5.74) is 5.74. The van der Waals surface area contributed by atoms with Crippen LogP contribution in [0.2, 0.25) is 0 Å². The third-order valence-electron chi connectivity index (χ3n) is 5.27. The van der Waals surface area contributed by atoms with Gasteiger partial charge < -0.3 is 65.7 Å². The Balaban J connectivity index is 5.46. The standard InChI is InChI=1S/C15H34N4O16P4S/c16-11(2-1-9-40)19-10(13(21)18-8-6-15(23,38(30,31)32)39(33,34)35)3-4-12(20)17-7-5-14(22,36(24,25)26)37(27,28)29/h10,22-23,40H,1-9H2,(H2,16,19)(H,17,20)(H,18,21)(H2,24,25,26)(H2,27,28,29)(H2,30,31,32)(H2,33,34,35)/t10-/m0/s1. The van der Waals surface area contributed by atoms with E-state index in [1.54, 1.807) is 0 Å². The maximum absolute atomic E-state index is 12.6. The zero-order valence-electron chi connectivity index (χ0n) is 20.6. The van der Waals surface area contributed by atoms with E-state index in [1.807, 2.05) is 5.32 Å². The van der Waals surface area contributed by atoms with Crippen molar-refractivity contribution in [3.63, 3.8) is 0 Å². The average Bonchev–Trinajstić information content (AvgIpc) is 2.76. The van der Waals surface area contributed by atoms with Crippen LogP contribution in [0.5, 0.6) is 0 Å². The summed E-state index contributed by atoms with van der Waals surface area (Å²) in [5, 5.41) is 16.3. The van der Waals surface area contributed by atoms with Crippen LogP contribution in [0.4, 0.5) is 0 Å². The molecule has 0 aliphatic rings. The van der Waals surface area contributed by atoms with Gasteiger partial charge in [0.05, 0.1) is 5.84 Å². The molecule has 0 aliphatic heterocycles. The van der Waals surface area contributed by atoms with Gasteiger partial charge in [0.15, 0.2) is 0 Å². The first-order chi connectivity index (χ1) is 17.8. The lowest BCUT2D eigenvalue weighted by Gasteiger charge is -2.29. The van der Waals surface area contributed by atoms with E-state index in [0.29, 0.717) is 12.2 Å². The molecule has 2 amide bonds. The minimum Gasteiger partial charge on any atom is -0.387 e. The fourth-order valence-corrected chi connectivity index (χ4v) is 7.38. The van der Waals surface area contributed by atoms with Gasteiger partial charge in [0, 0.05) is 38.8 Å². The number of thiol groups is 1. The lowest BCUT2D eigenvalue weighted by Crippen LogP contribution is -2.40. The predicted octanol–water partition coefficient (Wildman–Crippen LogP) is -2.78. The molecule has 40 heavy (non-hydrogen) atoms. The van der Waals surface area contributed by atoms with Gasteiger partial charge in [-0.15, -0.1) is 0 Å². The second kappa shape index (κ2) is 15.1. The van der Waals surface area contributed by atoms with Crippen LogP contribution in [0, 0.1) is 0 Å². The quantitative estimate of drug-likeness (QED) is 0.0301. The molecule has 0 heterocycles. The van der Waals surface area contributed by atoms with Gasteiger partial charge in [-0.1, -0.05) is 0 Å². The molecule has 0 saturated carbocycles. The maximum atomic E-state index is 12.6. The SMILES string of the molecule is NC(CCCS)=N[C@@H](CCC(=O)NCCC(O)(P(=O)(O)O)P(=O)(O)O)C(=O)NCCC(O)(P(=O)(O)O)P(=O)(O)O. The zero-order valence-corrected chi connectivity index (χ0v) is 25.1. The van der Waals surface area contributed by atoms with Crippen molar-refractivity contribution >= 4 is 60.7 Å². The molecule has 25 heteroatoms. The van der Waals surface area contributed by atoms with Crippen LogP contribution in [0.1, 0.15) is 38.5 Å². The maximum Gasteiger partial charge on any atom is 0.369 e. The first-order valence-corrected chi connectivity index (χ1v) is 18.1. The third-order valence-corrected chi connectivity index (χ3v) is 13.3. The minimum atomic E-state index is -5.78. The molecule has 0 bridgehead atoms. The summed E-state index contributed by atoms with van der Waals surface area (Å²) in [5.74, 6) is -1.62. The van der Waals surface area contributed by atoms with Crippen LogP contribution < -0.4 is 16.4 Å². The number of hydrogen-bond donors (Lipinski definition) is 14. The lowest BCUT2D eigenvalue weighted by atomic mass is 10.1. The molecule has 0 fully saturated rings. The number of nitrogens with zero attached hydrogens (tertiary/aromatic N) is 1. The summed E-state index contributed by atoms with van der Waals surface area (Å²) >= 11 is 3.99. The highest BCUT2D eigenvalue weighted by Crippen LogP contribution is 2.69. The Bertz CT molecular complexity index is 1070. The largest absolute Gasteiger partial charge is 0.387 e. The molecular formula is C15H34N4O16P4S. The molecule has 20 nitrogen and oxygen atoms in total. The van der Waals surface area contributed by atoms with Crippen molar-refractivity contribution in [2.45, 2.75) is 54.7 Å². The molecule has 0 saturated heterocycles. The fourth-order valence-electron chi connectivity index (χ4n) is 2.90. The number of nitrogens with one attached hydrogen (secondary N) is 2. The van der Waals surface area contributed by atoms with Gasteiger partial charge in [-0.3, -0.25) is 32.8 Å². The number of rotatable bonds is 18. The van der Waals surface area contributed by atoms with Gasteiger partial charge >= 0.3 is 30.4 Å². The first kappa shape index (κ1) is 39.3. The van der Waals surface area contributed by atoms with E-state index in [2.05, 4.69) is 22.9 Å². The van der Waals surface area contributed by atoms with Gasteiger partial charge in [-0.25, -0.2) is 0 Å². The Kier molecular flexibility index (Phi) is 14.9. The molecule has 1 atom stereocenters. The fraction of sp³-hybridized carbons (Fsp3) is 0.800. The van der Waals surface area contributed by atoms with E-state index in [4.69, 9.17) is 44.9 Å². The van der Waals surface area contributed by atoms with Crippen LogP contribution in [0.3, 0.4) is 0 Å². The Labute approximate surface area is 232 Å². The normalized spacial score (nSPS) is 15.0. The van der Waals surface area contributed by atoms with Gasteiger partial charge in [0.25, 0.3) is 10.2 Å². The van der Waals surface area contributed by atoms with Crippen LogP contribution in [-0.2, 0) is 27.8 Å². The minimum absolute atomic E-state index is 0.0649. The second-order valence-corrected chi connectivity index (χ2v) is 16.8. The van der Waals surface area contributed by atoms with Crippen molar-refractivity contribution in [3.8, 4) is 0 Å². The van der Waals surface area contributed by atoms with Crippen molar-refractivity contribution in [1.29, 1.82) is 0 Å². The molecule has 0 aromatic heterocycles. The Hall–Kier alpha value is -0.720. The Morgan fingerprint density at radius 3 is 1.55 bits per heavy atom. The number of nitrogens with two attached hydrogens (primary N) is 1. The molecule has 0 radical (unpaired) electrons. The zero-order chi connectivity index (χ0) is 31.8. The second-order valence-electron chi connectivity index (χ2n) is 8.37. The number of aliphatic imine (C=N–C) groups is 1. The summed E-state index contributed by atoms with van der Waals surface area (Å²) in [7, 11) is -23.1. The Morgan fingerprint density at radius 1 is 0.775 bits per heavy atom. The molecule has 0 aromatic carbocycles. The van der Waals surface area contributed by atoms with Crippen LogP contribution in [-0.4, -0.2) is 102 Å². The van der Waals surface area contributed by atoms with E-state index >= 15 is 0 Å². The molecule has 0 unspecified atom stereocenters. The van der Waals surface area contributed by atoms with Gasteiger partial charge in [-0.2, -0.15) is 12.6 Å². The first-order valence-electron chi connectivity index (χ1n) is 11.0. The molecule has 0 rings (SSSR count). The number of amidine groups is 1. The van der Waals surface area contributed by atoms with Crippen molar-refractivity contribution in [3.05, 3.63) is 0 Å². The van der Waals surface area contributed by atoms with Gasteiger partial charge in [0.1, 0.15) is 6.04 Å². The lowest BCUT2D eigenvalue weighted by molar-refractivity contribution is -0.123. The van der Waals surface area contributed by atoms with E-state index in [1.165, 1.54) is 0 Å². The van der Waals surface area contributed by atoms with E-state index < -0.39 is 97.2 Å². The molecule has 0 spiro atoms. The molecule has 236 valence electrons. The number of hydrogen-bond acceptors (Lipinski definition) is 10. The summed E-state index contributed by atoms with van der Waals surface area (Å²) in [6.07, 6.45) is -2.87. The Morgan fingerprint density at radius 2 is 1.18 bits per heavy atom. The van der Waals surface area contributed by atoms with Crippen molar-refractivity contribution in [2.75, 3.05) is 18.8 Å². The third kappa shape index (κ3) is 11.2. The van der Waals surface area contributed by atoms with Crippen molar-refractivity contribution in [2.24, 2.45) is 10.7 Å². The highest BCUT2D eigenvalue weighted by molar-refractivity contribution is 7.80. The topological polar surface area (TPSA) is 367 Å². The molecule has 0 aliphatic carbocycles. The summed E-state index contributed by atoms with van der Waals surface area (Å²) < 4.78 is 45.6. The summed E-state index contributed by atoms with van der Waals surface area (Å²) in [6, 6.07) is -1.45. The van der Waals surface area contributed by atoms with Gasteiger partial charge in [0.2, 0.25) is 11.8 Å². The van der Waals surface area contributed by atoms with Crippen molar-refractivity contribution in [1.82, 2.24) is 10.6 Å². The summed E-state index contributed by atoms with van der Waals surface area (Å²) in [6.45, 7) is -1.66. The molecule has 0 aromatic rings. The van der Waals surface area contributed by atoms with E-state index in [-0.39, 0.29) is 12.3 Å². The highest BCUT2D eigenvalue weighted by Gasteiger charge is 2.59. The average molecular weight is 682 g/mol. The van der Waals surface area contributed by atoms with Crippen LogP contribution in [0.25, 0.3) is 0 Å².